The van der Waals surface area contributed by atoms with E-state index in [1.807, 2.05) is 48.5 Å². The molecule has 0 saturated carbocycles. The highest BCUT2D eigenvalue weighted by Gasteiger charge is 2.15. The second kappa shape index (κ2) is 4.90. The van der Waals surface area contributed by atoms with E-state index in [1.165, 1.54) is 0 Å². The van der Waals surface area contributed by atoms with E-state index in [-0.39, 0.29) is 5.78 Å². The monoisotopic (exact) mass is 248 g/mol. The zero-order valence-electron chi connectivity index (χ0n) is 10.2. The molecule has 3 aromatic rings. The summed E-state index contributed by atoms with van der Waals surface area (Å²) in [6.45, 7) is 0. The van der Waals surface area contributed by atoms with Crippen LogP contribution in [0.25, 0.3) is 11.1 Å². The van der Waals surface area contributed by atoms with Crippen LogP contribution in [0.3, 0.4) is 0 Å². The molecule has 1 aromatic carbocycles. The van der Waals surface area contributed by atoms with Crippen molar-refractivity contribution in [2.24, 2.45) is 0 Å². The first kappa shape index (κ1) is 11.4. The molecule has 19 heavy (non-hydrogen) atoms. The second-order valence-electron chi connectivity index (χ2n) is 4.20. The van der Waals surface area contributed by atoms with Crippen molar-refractivity contribution in [2.75, 3.05) is 0 Å². The highest BCUT2D eigenvalue weighted by molar-refractivity contribution is 6.11. The van der Waals surface area contributed by atoms with Crippen LogP contribution in [0.5, 0.6) is 0 Å². The first-order valence-electron chi connectivity index (χ1n) is 6.04. The van der Waals surface area contributed by atoms with Crippen molar-refractivity contribution in [3.63, 3.8) is 0 Å². The van der Waals surface area contributed by atoms with Crippen LogP contribution in [0.4, 0.5) is 0 Å². The van der Waals surface area contributed by atoms with Gasteiger partial charge in [-0.05, 0) is 23.8 Å². The Kier molecular flexibility index (Phi) is 2.94. The van der Waals surface area contributed by atoms with Crippen molar-refractivity contribution in [1.82, 2.24) is 9.97 Å². The van der Waals surface area contributed by atoms with Crippen LogP contribution in [0.1, 0.15) is 16.1 Å². The molecule has 0 fully saturated rings. The fourth-order valence-electron chi connectivity index (χ4n) is 2.06. The van der Waals surface area contributed by atoms with Gasteiger partial charge in [-0.2, -0.15) is 0 Å². The Hall–Kier alpha value is -2.68. The number of carbonyl (C=O) groups excluding carboxylic acids is 1. The molecule has 0 aliphatic carbocycles. The molecule has 3 heteroatoms. The minimum absolute atomic E-state index is 0.00240. The average molecular weight is 248 g/mol. The largest absolute Gasteiger partial charge is 0.358 e. The van der Waals surface area contributed by atoms with E-state index in [0.29, 0.717) is 11.3 Å². The minimum atomic E-state index is -0.00240. The maximum Gasteiger partial charge on any atom is 0.209 e. The molecular formula is C16H12N2O. The smallest absolute Gasteiger partial charge is 0.209 e. The lowest BCUT2D eigenvalue weighted by molar-refractivity contribution is 0.103. The van der Waals surface area contributed by atoms with Crippen molar-refractivity contribution in [2.45, 2.75) is 0 Å². The summed E-state index contributed by atoms with van der Waals surface area (Å²) < 4.78 is 0. The molecule has 92 valence electrons. The normalized spacial score (nSPS) is 10.3. The van der Waals surface area contributed by atoms with Crippen LogP contribution in [-0.2, 0) is 0 Å². The lowest BCUT2D eigenvalue weighted by atomic mass is 10.0. The standard InChI is InChI=1S/C16H12N2O/c19-16(13-4-2-1-3-5-13)15-14(8-11-18-15)12-6-9-17-10-7-12/h1-11,18H. The van der Waals surface area contributed by atoms with Gasteiger partial charge in [-0.1, -0.05) is 30.3 Å². The lowest BCUT2D eigenvalue weighted by Crippen LogP contribution is -2.03. The summed E-state index contributed by atoms with van der Waals surface area (Å²) >= 11 is 0. The molecule has 3 rings (SSSR count). The molecule has 2 heterocycles. The van der Waals surface area contributed by atoms with Gasteiger partial charge in [0, 0.05) is 29.7 Å². The van der Waals surface area contributed by atoms with Crippen molar-refractivity contribution in [1.29, 1.82) is 0 Å². The molecule has 0 aliphatic rings. The Labute approximate surface area is 111 Å². The van der Waals surface area contributed by atoms with Gasteiger partial charge in [0.1, 0.15) is 0 Å². The molecule has 0 saturated heterocycles. The van der Waals surface area contributed by atoms with Crippen LogP contribution in [-0.4, -0.2) is 15.8 Å². The minimum Gasteiger partial charge on any atom is -0.358 e. The van der Waals surface area contributed by atoms with Crippen molar-refractivity contribution >= 4 is 5.78 Å². The van der Waals surface area contributed by atoms with Gasteiger partial charge in [-0.15, -0.1) is 0 Å². The molecule has 0 atom stereocenters. The Morgan fingerprint density at radius 1 is 0.947 bits per heavy atom. The number of rotatable bonds is 3. The van der Waals surface area contributed by atoms with Crippen LogP contribution in [0.2, 0.25) is 0 Å². The SMILES string of the molecule is O=C(c1ccccc1)c1[nH]ccc1-c1ccncc1. The van der Waals surface area contributed by atoms with Crippen molar-refractivity contribution < 1.29 is 4.79 Å². The van der Waals surface area contributed by atoms with Gasteiger partial charge in [-0.3, -0.25) is 9.78 Å². The molecule has 3 nitrogen and oxygen atoms in total. The van der Waals surface area contributed by atoms with Gasteiger partial charge >= 0.3 is 0 Å². The van der Waals surface area contributed by atoms with Crippen LogP contribution < -0.4 is 0 Å². The van der Waals surface area contributed by atoms with Crippen LogP contribution in [0.15, 0.2) is 67.1 Å². The molecule has 0 amide bonds. The predicted octanol–water partition coefficient (Wildman–Crippen LogP) is 3.31. The Morgan fingerprint density at radius 3 is 2.42 bits per heavy atom. The molecular weight excluding hydrogens is 236 g/mol. The first-order chi connectivity index (χ1) is 9.36. The van der Waals surface area contributed by atoms with E-state index >= 15 is 0 Å². The fraction of sp³-hybridized carbons (Fsp3) is 0. The number of nitrogens with one attached hydrogen (secondary N) is 1. The number of aromatic amines is 1. The Bertz CT molecular complexity index is 687. The summed E-state index contributed by atoms with van der Waals surface area (Å²) in [6, 6.07) is 15.0. The average Bonchev–Trinajstić information content (AvgIpc) is 2.98. The van der Waals surface area contributed by atoms with Crippen molar-refractivity contribution in [3.8, 4) is 11.1 Å². The third kappa shape index (κ3) is 2.18. The third-order valence-corrected chi connectivity index (χ3v) is 3.00. The Balaban J connectivity index is 2.04. The van der Waals surface area contributed by atoms with Gasteiger partial charge in [0.2, 0.25) is 5.78 Å². The molecule has 0 radical (unpaired) electrons. The summed E-state index contributed by atoms with van der Waals surface area (Å²) in [7, 11) is 0. The summed E-state index contributed by atoms with van der Waals surface area (Å²) in [5.41, 5.74) is 3.17. The molecule has 0 aliphatic heterocycles. The van der Waals surface area contributed by atoms with E-state index < -0.39 is 0 Å². The third-order valence-electron chi connectivity index (χ3n) is 3.00. The van der Waals surface area contributed by atoms with Crippen LogP contribution in [0, 0.1) is 0 Å². The number of aromatic nitrogens is 2. The number of hydrogen-bond acceptors (Lipinski definition) is 2. The number of carbonyl (C=O) groups is 1. The van der Waals surface area contributed by atoms with E-state index in [1.54, 1.807) is 18.6 Å². The lowest BCUT2D eigenvalue weighted by Gasteiger charge is -2.03. The number of nitrogens with zero attached hydrogens (tertiary/aromatic N) is 1. The number of benzene rings is 1. The van der Waals surface area contributed by atoms with E-state index in [2.05, 4.69) is 9.97 Å². The predicted molar refractivity (Wildman–Crippen MR) is 73.9 cm³/mol. The van der Waals surface area contributed by atoms with Gasteiger partial charge in [0.25, 0.3) is 0 Å². The topological polar surface area (TPSA) is 45.8 Å². The summed E-state index contributed by atoms with van der Waals surface area (Å²) in [5.74, 6) is -0.00240. The molecule has 0 spiro atoms. The number of hydrogen-bond donors (Lipinski definition) is 1. The summed E-state index contributed by atoms with van der Waals surface area (Å²) in [4.78, 5) is 19.5. The van der Waals surface area contributed by atoms with E-state index in [9.17, 15) is 4.79 Å². The second-order valence-corrected chi connectivity index (χ2v) is 4.20. The van der Waals surface area contributed by atoms with Gasteiger partial charge in [0.05, 0.1) is 5.69 Å². The van der Waals surface area contributed by atoms with E-state index in [4.69, 9.17) is 0 Å². The molecule has 0 unspecified atom stereocenters. The first-order valence-corrected chi connectivity index (χ1v) is 6.04. The quantitative estimate of drug-likeness (QED) is 0.723. The zero-order chi connectivity index (χ0) is 13.1. The van der Waals surface area contributed by atoms with Crippen LogP contribution >= 0.6 is 0 Å². The highest BCUT2D eigenvalue weighted by Crippen LogP contribution is 2.24. The number of ketones is 1. The number of pyridine rings is 1. The van der Waals surface area contributed by atoms with Gasteiger partial charge in [0.15, 0.2) is 0 Å². The van der Waals surface area contributed by atoms with Crippen molar-refractivity contribution in [3.05, 3.63) is 78.4 Å². The molecule has 1 N–H and O–H groups in total. The maximum absolute atomic E-state index is 12.5. The summed E-state index contributed by atoms with van der Waals surface area (Å²) in [6.07, 6.45) is 5.23. The number of H-pyrrole nitrogens is 1. The van der Waals surface area contributed by atoms with Gasteiger partial charge in [-0.25, -0.2) is 0 Å². The maximum atomic E-state index is 12.5. The fourth-order valence-corrected chi connectivity index (χ4v) is 2.06. The van der Waals surface area contributed by atoms with Gasteiger partial charge < -0.3 is 4.98 Å². The summed E-state index contributed by atoms with van der Waals surface area (Å²) in [5, 5.41) is 0. The molecule has 2 aromatic heterocycles. The molecule has 0 bridgehead atoms. The van der Waals surface area contributed by atoms with E-state index in [0.717, 1.165) is 11.1 Å². The Morgan fingerprint density at radius 2 is 1.68 bits per heavy atom. The highest BCUT2D eigenvalue weighted by atomic mass is 16.1. The zero-order valence-corrected chi connectivity index (χ0v) is 10.2.